The van der Waals surface area contributed by atoms with Gasteiger partial charge in [-0.2, -0.15) is 0 Å². The monoisotopic (exact) mass is 426 g/mol. The highest BCUT2D eigenvalue weighted by Gasteiger charge is 2.20. The van der Waals surface area contributed by atoms with Crippen LogP contribution in [0.15, 0.2) is 54.6 Å². The zero-order chi connectivity index (χ0) is 22.4. The van der Waals surface area contributed by atoms with Crippen LogP contribution >= 0.6 is 0 Å². The third-order valence-corrected chi connectivity index (χ3v) is 7.00. The van der Waals surface area contributed by atoms with Gasteiger partial charge in [-0.1, -0.05) is 113 Å². The van der Waals surface area contributed by atoms with Crippen LogP contribution in [0.3, 0.4) is 0 Å². The van der Waals surface area contributed by atoms with Crippen LogP contribution in [-0.2, 0) is 6.42 Å². The topological polar surface area (TPSA) is 0 Å². The predicted octanol–water partition coefficient (Wildman–Crippen LogP) is 9.22. The van der Waals surface area contributed by atoms with E-state index in [1.54, 1.807) is 0 Å². The summed E-state index contributed by atoms with van der Waals surface area (Å²) in [4.78, 5) is 0. The van der Waals surface area contributed by atoms with Gasteiger partial charge in [-0.05, 0) is 72.9 Å². The van der Waals surface area contributed by atoms with Gasteiger partial charge in [0.05, 0.1) is 0 Å². The lowest BCUT2D eigenvalue weighted by Crippen LogP contribution is -2.15. The molecule has 2 aromatic rings. The molecule has 0 saturated heterocycles. The van der Waals surface area contributed by atoms with Gasteiger partial charge in [-0.25, -0.2) is 0 Å². The van der Waals surface area contributed by atoms with E-state index in [0.717, 1.165) is 23.0 Å². The Balaban J connectivity index is 1.43. The minimum absolute atomic E-state index is 0.941. The first kappa shape index (κ1) is 24.4. The Morgan fingerprint density at radius 2 is 1.31 bits per heavy atom. The zero-order valence-corrected chi connectivity index (χ0v) is 20.4. The molecule has 0 aliphatic heterocycles. The fraction of sp³-hybridized carbons (Fsp3) is 0.500. The normalized spacial score (nSPS) is 18.4. The van der Waals surface area contributed by atoms with Gasteiger partial charge in [-0.3, -0.25) is 0 Å². The van der Waals surface area contributed by atoms with Crippen LogP contribution in [0, 0.1) is 23.7 Å². The maximum Gasteiger partial charge on any atom is 0.0249 e. The first-order chi connectivity index (χ1) is 15.8. The molecular weight excluding hydrogens is 384 g/mol. The van der Waals surface area contributed by atoms with E-state index < -0.39 is 0 Å². The van der Waals surface area contributed by atoms with Crippen LogP contribution in [0.25, 0.3) is 6.08 Å². The van der Waals surface area contributed by atoms with Crippen LogP contribution < -0.4 is 0 Å². The smallest absolute Gasteiger partial charge is 0.0249 e. The molecule has 0 unspecified atom stereocenters. The summed E-state index contributed by atoms with van der Waals surface area (Å²) in [6.45, 7) is 4.57. The summed E-state index contributed by atoms with van der Waals surface area (Å²) in [6.07, 6.45) is 20.7. The molecule has 1 saturated carbocycles. The highest BCUT2D eigenvalue weighted by Crippen LogP contribution is 2.33. The van der Waals surface area contributed by atoms with Gasteiger partial charge in [0.1, 0.15) is 0 Å². The molecule has 1 aliphatic rings. The number of aryl methyl sites for hydroxylation is 1. The van der Waals surface area contributed by atoms with E-state index in [2.05, 4.69) is 86.4 Å². The Kier molecular flexibility index (Phi) is 10.7. The molecule has 0 aromatic heterocycles. The fourth-order valence-corrected chi connectivity index (χ4v) is 4.90. The predicted molar refractivity (Wildman–Crippen MR) is 141 cm³/mol. The van der Waals surface area contributed by atoms with Crippen molar-refractivity contribution < 1.29 is 0 Å². The van der Waals surface area contributed by atoms with Crippen molar-refractivity contribution in [3.63, 3.8) is 0 Å². The molecule has 1 fully saturated rings. The van der Waals surface area contributed by atoms with E-state index >= 15 is 0 Å². The highest BCUT2D eigenvalue weighted by atomic mass is 14.3. The lowest BCUT2D eigenvalue weighted by atomic mass is 9.78. The summed E-state index contributed by atoms with van der Waals surface area (Å²) in [6, 6.07) is 17.5. The van der Waals surface area contributed by atoms with Gasteiger partial charge >= 0.3 is 0 Å². The molecule has 0 amide bonds. The van der Waals surface area contributed by atoms with Crippen molar-refractivity contribution in [2.75, 3.05) is 0 Å². The number of allylic oxidation sites excluding steroid dienone is 1. The molecule has 1 aliphatic carbocycles. The van der Waals surface area contributed by atoms with Crippen LogP contribution in [0.5, 0.6) is 0 Å². The van der Waals surface area contributed by atoms with Crippen molar-refractivity contribution in [1.82, 2.24) is 0 Å². The summed E-state index contributed by atoms with van der Waals surface area (Å²) in [5.41, 5.74) is 4.90. The van der Waals surface area contributed by atoms with E-state index in [1.165, 1.54) is 88.2 Å². The van der Waals surface area contributed by atoms with Crippen LogP contribution in [0.4, 0.5) is 0 Å². The van der Waals surface area contributed by atoms with Crippen molar-refractivity contribution in [2.45, 2.75) is 90.9 Å². The number of unbranched alkanes of at least 4 members (excludes halogenated alkanes) is 3. The van der Waals surface area contributed by atoms with E-state index in [4.69, 9.17) is 0 Å². The molecule has 0 heterocycles. The standard InChI is InChI=1S/C32H42/c1-3-5-6-7-8-10-28-13-17-30(18-14-28)20-22-32-25-23-31(24-26-32)21-19-29-15-11-27(9-4-2)12-16-29/h8,10,13-14,17-18,23-27,29H,3-7,9,11-12,15-16,19,21H2,1-2H3/b10-8+. The molecule has 0 radical (unpaired) electrons. The zero-order valence-electron chi connectivity index (χ0n) is 20.4. The van der Waals surface area contributed by atoms with Crippen LogP contribution in [-0.4, -0.2) is 0 Å². The average molecular weight is 427 g/mol. The van der Waals surface area contributed by atoms with Gasteiger partial charge in [0.25, 0.3) is 0 Å². The molecule has 2 aromatic carbocycles. The van der Waals surface area contributed by atoms with Crippen molar-refractivity contribution >= 4 is 6.08 Å². The second-order valence-corrected chi connectivity index (χ2v) is 9.68. The molecule has 0 N–H and O–H groups in total. The Bertz CT molecular complexity index is 849. The van der Waals surface area contributed by atoms with Gasteiger partial charge in [0, 0.05) is 11.1 Å². The third-order valence-electron chi connectivity index (χ3n) is 7.00. The van der Waals surface area contributed by atoms with Gasteiger partial charge in [0.2, 0.25) is 0 Å². The van der Waals surface area contributed by atoms with E-state index in [0.29, 0.717) is 0 Å². The molecule has 0 heteroatoms. The molecule has 0 bridgehead atoms. The fourth-order valence-electron chi connectivity index (χ4n) is 4.90. The summed E-state index contributed by atoms with van der Waals surface area (Å²) in [7, 11) is 0. The first-order valence-electron chi connectivity index (χ1n) is 13.1. The molecule has 3 rings (SSSR count). The van der Waals surface area contributed by atoms with Gasteiger partial charge in [-0.15, -0.1) is 0 Å². The van der Waals surface area contributed by atoms with Crippen LogP contribution in [0.2, 0.25) is 0 Å². The maximum atomic E-state index is 3.33. The van der Waals surface area contributed by atoms with Crippen molar-refractivity contribution in [2.24, 2.45) is 11.8 Å². The molecule has 0 spiro atoms. The minimum atomic E-state index is 0.941. The average Bonchev–Trinajstić information content (AvgIpc) is 2.84. The second-order valence-electron chi connectivity index (χ2n) is 9.68. The second kappa shape index (κ2) is 14.0. The SMILES string of the molecule is CCCCC/C=C/c1ccc(C#Cc2ccc(CCC3CCC(CCC)CC3)cc2)cc1. The summed E-state index contributed by atoms with van der Waals surface area (Å²) in [5, 5.41) is 0. The molecule has 170 valence electrons. The number of hydrogen-bond acceptors (Lipinski definition) is 0. The van der Waals surface area contributed by atoms with Crippen molar-refractivity contribution in [1.29, 1.82) is 0 Å². The van der Waals surface area contributed by atoms with E-state index in [9.17, 15) is 0 Å². The maximum absolute atomic E-state index is 3.33. The van der Waals surface area contributed by atoms with Crippen molar-refractivity contribution in [3.8, 4) is 11.8 Å². The number of benzene rings is 2. The molecule has 32 heavy (non-hydrogen) atoms. The summed E-state index contributed by atoms with van der Waals surface area (Å²) >= 11 is 0. The van der Waals surface area contributed by atoms with Gasteiger partial charge < -0.3 is 0 Å². The van der Waals surface area contributed by atoms with E-state index in [1.807, 2.05) is 0 Å². The Labute approximate surface area is 197 Å². The van der Waals surface area contributed by atoms with Crippen molar-refractivity contribution in [3.05, 3.63) is 76.9 Å². The summed E-state index contributed by atoms with van der Waals surface area (Å²) in [5.74, 6) is 8.60. The molecule has 0 nitrogen and oxygen atoms in total. The Morgan fingerprint density at radius 3 is 1.91 bits per heavy atom. The highest BCUT2D eigenvalue weighted by molar-refractivity contribution is 5.52. The summed E-state index contributed by atoms with van der Waals surface area (Å²) < 4.78 is 0. The third kappa shape index (κ3) is 8.70. The Hall–Kier alpha value is -2.26. The number of hydrogen-bond donors (Lipinski definition) is 0. The van der Waals surface area contributed by atoms with E-state index in [-0.39, 0.29) is 0 Å². The lowest BCUT2D eigenvalue weighted by molar-refractivity contribution is 0.252. The lowest BCUT2D eigenvalue weighted by Gasteiger charge is -2.28. The minimum Gasteiger partial charge on any atom is -0.0839 e. The molecule has 0 atom stereocenters. The first-order valence-corrected chi connectivity index (χ1v) is 13.1. The van der Waals surface area contributed by atoms with Crippen LogP contribution in [0.1, 0.15) is 107 Å². The largest absolute Gasteiger partial charge is 0.0839 e. The Morgan fingerprint density at radius 1 is 0.719 bits per heavy atom. The quantitative estimate of drug-likeness (QED) is 0.262. The molecular formula is C32H42. The van der Waals surface area contributed by atoms with Gasteiger partial charge in [0.15, 0.2) is 0 Å². The number of rotatable bonds is 10.